The third-order valence-corrected chi connectivity index (χ3v) is 5.11. The average Bonchev–Trinajstić information content (AvgIpc) is 3.02. The molecule has 0 saturated carbocycles. The molecule has 6 heteroatoms. The van der Waals surface area contributed by atoms with Crippen LogP contribution in [0.15, 0.2) is 17.5 Å². The Morgan fingerprint density at radius 1 is 1.20 bits per heavy atom. The van der Waals surface area contributed by atoms with Crippen molar-refractivity contribution in [3.05, 3.63) is 43.3 Å². The van der Waals surface area contributed by atoms with Crippen molar-refractivity contribution in [1.29, 1.82) is 0 Å². The molecule has 1 aliphatic carbocycles. The first-order valence-corrected chi connectivity index (χ1v) is 7.70. The molecule has 2 heterocycles. The van der Waals surface area contributed by atoms with Crippen molar-refractivity contribution >= 4 is 40.2 Å². The third kappa shape index (κ3) is 2.10. The number of ketones is 2. The van der Waals surface area contributed by atoms with Gasteiger partial charge in [-0.15, -0.1) is 22.7 Å². The van der Waals surface area contributed by atoms with Crippen LogP contribution in [0.25, 0.3) is 0 Å². The van der Waals surface area contributed by atoms with Crippen molar-refractivity contribution in [2.45, 2.75) is 13.3 Å². The van der Waals surface area contributed by atoms with Crippen LogP contribution in [0, 0.1) is 0 Å². The van der Waals surface area contributed by atoms with Gasteiger partial charge in [0.2, 0.25) is 11.6 Å². The van der Waals surface area contributed by atoms with Gasteiger partial charge in [-0.3, -0.25) is 14.4 Å². The summed E-state index contributed by atoms with van der Waals surface area (Å²) in [6, 6.07) is 3.44. The van der Waals surface area contributed by atoms with Gasteiger partial charge in [-0.2, -0.15) is 0 Å². The Kier molecular flexibility index (Phi) is 3.27. The maximum absolute atomic E-state index is 12.3. The molecular formula is C14H10O4S2. The topological polar surface area (TPSA) is 60.4 Å². The summed E-state index contributed by atoms with van der Waals surface area (Å²) in [7, 11) is 0. The van der Waals surface area contributed by atoms with Gasteiger partial charge < -0.3 is 4.74 Å². The number of hydrogen-bond acceptors (Lipinski definition) is 6. The van der Waals surface area contributed by atoms with Gasteiger partial charge in [0.25, 0.3) is 0 Å². The van der Waals surface area contributed by atoms with Gasteiger partial charge in [-0.05, 0) is 17.5 Å². The standard InChI is InChI=1S/C14H10O4S2/c1-7(15)18-4-2-8-6-10-12(17)13-9(3-5-19-13)11(16)14(10)20-8/h3,5-6H,2,4H2,1H3. The van der Waals surface area contributed by atoms with Gasteiger partial charge in [0, 0.05) is 29.3 Å². The summed E-state index contributed by atoms with van der Waals surface area (Å²) in [5, 5.41) is 1.76. The van der Waals surface area contributed by atoms with Crippen LogP contribution in [0.2, 0.25) is 0 Å². The molecule has 102 valence electrons. The summed E-state index contributed by atoms with van der Waals surface area (Å²) < 4.78 is 4.88. The van der Waals surface area contributed by atoms with E-state index in [2.05, 4.69) is 0 Å². The second-order valence-corrected chi connectivity index (χ2v) is 6.42. The minimum absolute atomic E-state index is 0.0837. The molecule has 0 N–H and O–H groups in total. The molecule has 20 heavy (non-hydrogen) atoms. The van der Waals surface area contributed by atoms with E-state index < -0.39 is 0 Å². The van der Waals surface area contributed by atoms with E-state index in [1.165, 1.54) is 29.6 Å². The molecule has 2 aromatic rings. The zero-order valence-corrected chi connectivity index (χ0v) is 12.2. The number of hydrogen-bond donors (Lipinski definition) is 0. The molecule has 0 bridgehead atoms. The quantitative estimate of drug-likeness (QED) is 0.698. The predicted molar refractivity (Wildman–Crippen MR) is 75.8 cm³/mol. The smallest absolute Gasteiger partial charge is 0.302 e. The fraction of sp³-hybridized carbons (Fsp3) is 0.214. The lowest BCUT2D eigenvalue weighted by atomic mass is 9.96. The van der Waals surface area contributed by atoms with Crippen molar-refractivity contribution in [2.75, 3.05) is 6.61 Å². The molecule has 0 aromatic carbocycles. The zero-order valence-electron chi connectivity index (χ0n) is 10.6. The Morgan fingerprint density at radius 3 is 2.70 bits per heavy atom. The molecule has 0 saturated heterocycles. The summed E-state index contributed by atoms with van der Waals surface area (Å²) in [6.07, 6.45) is 0.519. The Morgan fingerprint density at radius 2 is 1.95 bits per heavy atom. The number of rotatable bonds is 3. The van der Waals surface area contributed by atoms with E-state index in [9.17, 15) is 14.4 Å². The highest BCUT2D eigenvalue weighted by molar-refractivity contribution is 7.16. The summed E-state index contributed by atoms with van der Waals surface area (Å²) in [5.41, 5.74) is 0.980. The molecule has 0 aliphatic heterocycles. The number of thiophene rings is 2. The maximum Gasteiger partial charge on any atom is 0.302 e. The first kappa shape index (κ1) is 13.2. The van der Waals surface area contributed by atoms with Crippen LogP contribution >= 0.6 is 22.7 Å². The lowest BCUT2D eigenvalue weighted by Gasteiger charge is -2.08. The normalized spacial score (nSPS) is 13.1. The Labute approximate surface area is 123 Å². The number of carbonyl (C=O) groups excluding carboxylic acids is 3. The minimum Gasteiger partial charge on any atom is -0.465 e. The van der Waals surface area contributed by atoms with Crippen molar-refractivity contribution in [2.24, 2.45) is 0 Å². The molecular weight excluding hydrogens is 296 g/mol. The van der Waals surface area contributed by atoms with Crippen molar-refractivity contribution < 1.29 is 19.1 Å². The van der Waals surface area contributed by atoms with E-state index >= 15 is 0 Å². The van der Waals surface area contributed by atoms with E-state index in [-0.39, 0.29) is 24.1 Å². The van der Waals surface area contributed by atoms with E-state index in [1.54, 1.807) is 17.5 Å². The monoisotopic (exact) mass is 306 g/mol. The number of esters is 1. The second kappa shape index (κ2) is 4.96. The lowest BCUT2D eigenvalue weighted by Crippen LogP contribution is -2.15. The van der Waals surface area contributed by atoms with Crippen molar-refractivity contribution in [3.8, 4) is 0 Å². The Balaban J connectivity index is 1.89. The molecule has 0 atom stereocenters. The maximum atomic E-state index is 12.3. The van der Waals surface area contributed by atoms with Crippen LogP contribution < -0.4 is 0 Å². The van der Waals surface area contributed by atoms with Gasteiger partial charge in [0.15, 0.2) is 0 Å². The van der Waals surface area contributed by atoms with Gasteiger partial charge in [0.1, 0.15) is 0 Å². The van der Waals surface area contributed by atoms with Crippen LogP contribution in [-0.2, 0) is 16.0 Å². The zero-order chi connectivity index (χ0) is 14.3. The SMILES string of the molecule is CC(=O)OCCc1cc2c(s1)C(=O)c1ccsc1C2=O. The van der Waals surface area contributed by atoms with Gasteiger partial charge in [-0.1, -0.05) is 0 Å². The molecule has 1 aliphatic rings. The second-order valence-electron chi connectivity index (χ2n) is 4.37. The number of carbonyl (C=O) groups is 3. The highest BCUT2D eigenvalue weighted by atomic mass is 32.1. The van der Waals surface area contributed by atoms with Gasteiger partial charge >= 0.3 is 5.97 Å². The van der Waals surface area contributed by atoms with Crippen LogP contribution in [0.3, 0.4) is 0 Å². The van der Waals surface area contributed by atoms with Crippen LogP contribution in [0.4, 0.5) is 0 Å². The first-order chi connectivity index (χ1) is 9.58. The largest absolute Gasteiger partial charge is 0.465 e. The van der Waals surface area contributed by atoms with Crippen LogP contribution in [-0.4, -0.2) is 24.1 Å². The fourth-order valence-corrected chi connectivity index (χ4v) is 4.04. The van der Waals surface area contributed by atoms with E-state index in [0.717, 1.165) is 4.88 Å². The molecule has 0 amide bonds. The van der Waals surface area contributed by atoms with Gasteiger partial charge in [-0.25, -0.2) is 0 Å². The molecule has 0 unspecified atom stereocenters. The lowest BCUT2D eigenvalue weighted by molar-refractivity contribution is -0.140. The molecule has 0 fully saturated rings. The summed E-state index contributed by atoms with van der Waals surface area (Å²) in [5.74, 6) is -0.500. The first-order valence-electron chi connectivity index (χ1n) is 6.01. The van der Waals surface area contributed by atoms with Crippen molar-refractivity contribution in [3.63, 3.8) is 0 Å². The van der Waals surface area contributed by atoms with E-state index in [4.69, 9.17) is 4.74 Å². The van der Waals surface area contributed by atoms with Crippen LogP contribution in [0.5, 0.6) is 0 Å². The third-order valence-electron chi connectivity index (χ3n) is 3.00. The molecule has 2 aromatic heterocycles. The highest BCUT2D eigenvalue weighted by Gasteiger charge is 2.32. The molecule has 0 radical (unpaired) electrons. The van der Waals surface area contributed by atoms with Crippen LogP contribution in [0.1, 0.15) is 42.3 Å². The van der Waals surface area contributed by atoms with Gasteiger partial charge in [0.05, 0.1) is 16.4 Å². The van der Waals surface area contributed by atoms with E-state index in [0.29, 0.717) is 27.3 Å². The predicted octanol–water partition coefficient (Wildman–Crippen LogP) is 2.69. The summed E-state index contributed by atoms with van der Waals surface area (Å²) in [6.45, 7) is 1.61. The molecule has 3 rings (SSSR count). The minimum atomic E-state index is -0.333. The van der Waals surface area contributed by atoms with Crippen molar-refractivity contribution in [1.82, 2.24) is 0 Å². The Bertz CT molecular complexity index is 675. The average molecular weight is 306 g/mol. The molecule has 0 spiro atoms. The number of fused-ring (bicyclic) bond motifs is 2. The number of ether oxygens (including phenoxy) is 1. The summed E-state index contributed by atoms with van der Waals surface area (Å²) >= 11 is 2.61. The summed E-state index contributed by atoms with van der Waals surface area (Å²) in [4.78, 5) is 37.2. The molecule has 4 nitrogen and oxygen atoms in total. The van der Waals surface area contributed by atoms with E-state index in [1.807, 2.05) is 0 Å². The Hall–Kier alpha value is -1.79. The highest BCUT2D eigenvalue weighted by Crippen LogP contribution is 2.35. The fourth-order valence-electron chi connectivity index (χ4n) is 2.11.